The van der Waals surface area contributed by atoms with Crippen molar-refractivity contribution in [3.05, 3.63) is 23.0 Å². The monoisotopic (exact) mass is 353 g/mol. The van der Waals surface area contributed by atoms with Crippen molar-refractivity contribution in [1.29, 1.82) is 0 Å². The molecule has 7 heteroatoms. The average molecular weight is 354 g/mol. The van der Waals surface area contributed by atoms with Crippen molar-refractivity contribution in [3.8, 4) is 0 Å². The van der Waals surface area contributed by atoms with Crippen molar-refractivity contribution in [1.82, 2.24) is 9.88 Å². The van der Waals surface area contributed by atoms with Crippen LogP contribution in [0.4, 0.5) is 10.5 Å². The van der Waals surface area contributed by atoms with Crippen LogP contribution in [0.15, 0.2) is 12.3 Å². The standard InChI is InChI=1S/C17H24ClN3O3/c1-17(2,3)24-16(23)21-6-4-12(5-7-21)9-19-14-8-15(18)20-10-13(14)11-22/h8,10-12H,4-7,9H2,1-3H3,(H,19,20). The Morgan fingerprint density at radius 1 is 1.46 bits per heavy atom. The number of ether oxygens (including phenoxy) is 1. The van der Waals surface area contributed by atoms with Crippen LogP contribution in [-0.2, 0) is 4.74 Å². The normalized spacial score (nSPS) is 15.9. The molecule has 1 aromatic heterocycles. The van der Waals surface area contributed by atoms with Gasteiger partial charge in [-0.05, 0) is 45.6 Å². The van der Waals surface area contributed by atoms with Gasteiger partial charge in [0.05, 0.1) is 5.56 Å². The first-order chi connectivity index (χ1) is 11.3. The van der Waals surface area contributed by atoms with E-state index in [4.69, 9.17) is 16.3 Å². The van der Waals surface area contributed by atoms with E-state index in [-0.39, 0.29) is 6.09 Å². The topological polar surface area (TPSA) is 71.5 Å². The average Bonchev–Trinajstić information content (AvgIpc) is 2.52. The first-order valence-corrected chi connectivity index (χ1v) is 8.49. The highest BCUT2D eigenvalue weighted by atomic mass is 35.5. The summed E-state index contributed by atoms with van der Waals surface area (Å²) in [6.07, 6.45) is 3.75. The lowest BCUT2D eigenvalue weighted by atomic mass is 9.97. The summed E-state index contributed by atoms with van der Waals surface area (Å²) in [7, 11) is 0. The molecular weight excluding hydrogens is 330 g/mol. The number of pyridine rings is 1. The molecular formula is C17H24ClN3O3. The number of aromatic nitrogens is 1. The van der Waals surface area contributed by atoms with Gasteiger partial charge in [-0.3, -0.25) is 4.79 Å². The van der Waals surface area contributed by atoms with Crippen LogP contribution in [-0.4, -0.2) is 47.5 Å². The van der Waals surface area contributed by atoms with Gasteiger partial charge in [0.1, 0.15) is 10.8 Å². The molecule has 1 aromatic rings. The molecule has 0 aliphatic carbocycles. The Morgan fingerprint density at radius 2 is 2.12 bits per heavy atom. The van der Waals surface area contributed by atoms with Crippen molar-refractivity contribution in [2.45, 2.75) is 39.2 Å². The summed E-state index contributed by atoms with van der Waals surface area (Å²) < 4.78 is 5.40. The fraction of sp³-hybridized carbons (Fsp3) is 0.588. The van der Waals surface area contributed by atoms with Gasteiger partial charge in [0.25, 0.3) is 0 Å². The number of hydrogen-bond acceptors (Lipinski definition) is 5. The highest BCUT2D eigenvalue weighted by Gasteiger charge is 2.26. The molecule has 1 N–H and O–H groups in total. The molecule has 0 saturated carbocycles. The molecule has 6 nitrogen and oxygen atoms in total. The summed E-state index contributed by atoms with van der Waals surface area (Å²) in [5.41, 5.74) is 0.714. The Balaban J connectivity index is 1.82. The SMILES string of the molecule is CC(C)(C)OC(=O)N1CCC(CNc2cc(Cl)ncc2C=O)CC1. The molecule has 0 radical (unpaired) electrons. The van der Waals surface area contributed by atoms with E-state index in [9.17, 15) is 9.59 Å². The molecule has 1 aliphatic rings. The lowest BCUT2D eigenvalue weighted by molar-refractivity contribution is 0.0188. The summed E-state index contributed by atoms with van der Waals surface area (Å²) in [6, 6.07) is 1.65. The van der Waals surface area contributed by atoms with Crippen LogP contribution in [0.1, 0.15) is 44.0 Å². The van der Waals surface area contributed by atoms with Gasteiger partial charge >= 0.3 is 6.09 Å². The molecule has 2 rings (SSSR count). The summed E-state index contributed by atoms with van der Waals surface area (Å²) >= 11 is 5.88. The molecule has 24 heavy (non-hydrogen) atoms. The van der Waals surface area contributed by atoms with Crippen LogP contribution < -0.4 is 5.32 Å². The largest absolute Gasteiger partial charge is 0.444 e. The number of carbonyl (C=O) groups excluding carboxylic acids is 2. The van der Waals surface area contributed by atoms with Gasteiger partial charge in [-0.15, -0.1) is 0 Å². The number of amides is 1. The number of nitrogens with one attached hydrogen (secondary N) is 1. The number of piperidine rings is 1. The second kappa shape index (κ2) is 7.83. The number of hydrogen-bond donors (Lipinski definition) is 1. The van der Waals surface area contributed by atoms with Crippen LogP contribution in [0, 0.1) is 5.92 Å². The fourth-order valence-corrected chi connectivity index (χ4v) is 2.75. The Bertz CT molecular complexity index is 593. The fourth-order valence-electron chi connectivity index (χ4n) is 2.59. The van der Waals surface area contributed by atoms with Gasteiger partial charge in [-0.1, -0.05) is 11.6 Å². The number of nitrogens with zero attached hydrogens (tertiary/aromatic N) is 2. The molecule has 1 saturated heterocycles. The Labute approximate surface area is 147 Å². The Hall–Kier alpha value is -1.82. The van der Waals surface area contributed by atoms with Crippen molar-refractivity contribution >= 4 is 29.7 Å². The van der Waals surface area contributed by atoms with Gasteiger partial charge < -0.3 is 15.0 Å². The molecule has 1 aliphatic heterocycles. The summed E-state index contributed by atoms with van der Waals surface area (Å²) in [4.78, 5) is 28.7. The molecule has 0 bridgehead atoms. The lowest BCUT2D eigenvalue weighted by Gasteiger charge is -2.33. The van der Waals surface area contributed by atoms with Gasteiger partial charge in [-0.25, -0.2) is 9.78 Å². The third kappa shape index (κ3) is 5.37. The predicted molar refractivity (Wildman–Crippen MR) is 93.7 cm³/mol. The minimum Gasteiger partial charge on any atom is -0.444 e. The number of rotatable bonds is 4. The zero-order chi connectivity index (χ0) is 17.7. The van der Waals surface area contributed by atoms with Crippen LogP contribution >= 0.6 is 11.6 Å². The highest BCUT2D eigenvalue weighted by Crippen LogP contribution is 2.22. The smallest absolute Gasteiger partial charge is 0.410 e. The van der Waals surface area contributed by atoms with Crippen LogP contribution in [0.5, 0.6) is 0 Å². The van der Waals surface area contributed by atoms with E-state index in [1.807, 2.05) is 20.8 Å². The van der Waals surface area contributed by atoms with Crippen molar-refractivity contribution < 1.29 is 14.3 Å². The molecule has 0 unspecified atom stereocenters. The second-order valence-electron chi connectivity index (χ2n) is 7.00. The van der Waals surface area contributed by atoms with E-state index in [0.29, 0.717) is 35.4 Å². The van der Waals surface area contributed by atoms with E-state index in [1.54, 1.807) is 11.0 Å². The van der Waals surface area contributed by atoms with Crippen LogP contribution in [0.25, 0.3) is 0 Å². The van der Waals surface area contributed by atoms with Gasteiger partial charge in [-0.2, -0.15) is 0 Å². The van der Waals surface area contributed by atoms with E-state index < -0.39 is 5.60 Å². The first-order valence-electron chi connectivity index (χ1n) is 8.11. The third-order valence-corrected chi connectivity index (χ3v) is 4.08. The number of anilines is 1. The molecule has 1 amide bonds. The minimum absolute atomic E-state index is 0.252. The molecule has 132 valence electrons. The Kier molecular flexibility index (Phi) is 6.04. The molecule has 2 heterocycles. The predicted octanol–water partition coefficient (Wildman–Crippen LogP) is 3.61. The van der Waals surface area contributed by atoms with Crippen molar-refractivity contribution in [3.63, 3.8) is 0 Å². The third-order valence-electron chi connectivity index (χ3n) is 3.88. The van der Waals surface area contributed by atoms with E-state index in [0.717, 1.165) is 25.7 Å². The van der Waals surface area contributed by atoms with Crippen molar-refractivity contribution in [2.24, 2.45) is 5.92 Å². The van der Waals surface area contributed by atoms with E-state index in [1.165, 1.54) is 6.20 Å². The number of aldehydes is 1. The quantitative estimate of drug-likeness (QED) is 0.661. The Morgan fingerprint density at radius 3 is 2.71 bits per heavy atom. The maximum atomic E-state index is 12.0. The maximum Gasteiger partial charge on any atom is 0.410 e. The molecule has 0 atom stereocenters. The molecule has 1 fully saturated rings. The summed E-state index contributed by atoms with van der Waals surface area (Å²) in [6.45, 7) is 7.69. The van der Waals surface area contributed by atoms with Gasteiger partial charge in [0, 0.05) is 31.5 Å². The molecule has 0 aromatic carbocycles. The second-order valence-corrected chi connectivity index (χ2v) is 7.39. The number of likely N-dealkylation sites (tertiary alicyclic amines) is 1. The van der Waals surface area contributed by atoms with E-state index >= 15 is 0 Å². The van der Waals surface area contributed by atoms with Gasteiger partial charge in [0.15, 0.2) is 6.29 Å². The highest BCUT2D eigenvalue weighted by molar-refractivity contribution is 6.29. The number of halogens is 1. The zero-order valence-electron chi connectivity index (χ0n) is 14.3. The van der Waals surface area contributed by atoms with Gasteiger partial charge in [0.2, 0.25) is 0 Å². The molecule has 0 spiro atoms. The lowest BCUT2D eigenvalue weighted by Crippen LogP contribution is -2.42. The zero-order valence-corrected chi connectivity index (χ0v) is 15.1. The summed E-state index contributed by atoms with van der Waals surface area (Å²) in [5.74, 6) is 0.426. The maximum absolute atomic E-state index is 12.0. The van der Waals surface area contributed by atoms with E-state index in [2.05, 4.69) is 10.3 Å². The van der Waals surface area contributed by atoms with Crippen molar-refractivity contribution in [2.75, 3.05) is 25.0 Å². The minimum atomic E-state index is -0.471. The van der Waals surface area contributed by atoms with Crippen LogP contribution in [0.2, 0.25) is 5.15 Å². The van der Waals surface area contributed by atoms with Crippen LogP contribution in [0.3, 0.4) is 0 Å². The summed E-state index contributed by atoms with van der Waals surface area (Å²) in [5, 5.41) is 3.62. The number of carbonyl (C=O) groups is 2. The first kappa shape index (κ1) is 18.5.